The molecular formula is C7H6FeO4. The molecule has 0 saturated heterocycles. The fraction of sp³-hybridized carbons (Fsp3) is 0. The second kappa shape index (κ2) is 3.99. The number of aromatic carboxylic acids is 1. The summed E-state index contributed by atoms with van der Waals surface area (Å²) in [5, 5.41) is 26.0. The second-order valence-corrected chi connectivity index (χ2v) is 2.01. The number of carbonyl (C=O) groups is 1. The van der Waals surface area contributed by atoms with E-state index in [1.54, 1.807) is 0 Å². The summed E-state index contributed by atoms with van der Waals surface area (Å²) in [7, 11) is 0. The fourth-order valence-corrected chi connectivity index (χ4v) is 0.656. The molecule has 1 aromatic carbocycles. The maximum Gasteiger partial charge on any atom is 0.335 e. The summed E-state index contributed by atoms with van der Waals surface area (Å²) >= 11 is 0. The van der Waals surface area contributed by atoms with E-state index >= 15 is 0 Å². The topological polar surface area (TPSA) is 77.8 Å². The molecule has 0 atom stereocenters. The van der Waals surface area contributed by atoms with E-state index in [0.29, 0.717) is 0 Å². The van der Waals surface area contributed by atoms with Crippen molar-refractivity contribution in [2.45, 2.75) is 0 Å². The normalized spacial score (nSPS) is 8.67. The van der Waals surface area contributed by atoms with Gasteiger partial charge in [0.25, 0.3) is 0 Å². The number of phenols is 2. The Balaban J connectivity index is 0.00000121. The number of benzene rings is 1. The maximum atomic E-state index is 10.3. The summed E-state index contributed by atoms with van der Waals surface area (Å²) in [4.78, 5) is 10.3. The van der Waals surface area contributed by atoms with Crippen molar-refractivity contribution in [3.8, 4) is 11.5 Å². The molecule has 0 aliphatic carbocycles. The van der Waals surface area contributed by atoms with Crippen molar-refractivity contribution in [2.75, 3.05) is 0 Å². The Morgan fingerprint density at radius 1 is 1.17 bits per heavy atom. The SMILES string of the molecule is O=C(O)c1ccc(O)c(O)c1.[Fe]. The van der Waals surface area contributed by atoms with Gasteiger partial charge < -0.3 is 15.3 Å². The molecule has 0 amide bonds. The quantitative estimate of drug-likeness (QED) is 0.473. The number of carboxylic acids is 1. The molecule has 0 heterocycles. The van der Waals surface area contributed by atoms with Crippen molar-refractivity contribution < 1.29 is 37.2 Å². The third kappa shape index (κ3) is 2.15. The van der Waals surface area contributed by atoms with Gasteiger partial charge in [-0.3, -0.25) is 0 Å². The molecule has 0 fully saturated rings. The molecule has 3 N–H and O–H groups in total. The number of hydrogen-bond donors (Lipinski definition) is 3. The molecule has 0 bridgehead atoms. The van der Waals surface area contributed by atoms with Gasteiger partial charge in [-0.2, -0.15) is 0 Å². The van der Waals surface area contributed by atoms with Gasteiger partial charge in [0.2, 0.25) is 0 Å². The van der Waals surface area contributed by atoms with Gasteiger partial charge in [0, 0.05) is 17.1 Å². The zero-order valence-electron chi connectivity index (χ0n) is 5.84. The summed E-state index contributed by atoms with van der Waals surface area (Å²) in [5.41, 5.74) is -0.0553. The van der Waals surface area contributed by atoms with E-state index in [2.05, 4.69) is 0 Å². The van der Waals surface area contributed by atoms with Crippen molar-refractivity contribution >= 4 is 5.97 Å². The van der Waals surface area contributed by atoms with Crippen LogP contribution in [0.5, 0.6) is 11.5 Å². The van der Waals surface area contributed by atoms with Gasteiger partial charge in [-0.25, -0.2) is 4.79 Å². The van der Waals surface area contributed by atoms with Gasteiger partial charge in [0.1, 0.15) is 0 Å². The number of carboxylic acid groups (broad SMARTS) is 1. The first-order valence-electron chi connectivity index (χ1n) is 2.86. The predicted octanol–water partition coefficient (Wildman–Crippen LogP) is 0.793. The third-order valence-corrected chi connectivity index (χ3v) is 1.22. The molecule has 0 spiro atoms. The third-order valence-electron chi connectivity index (χ3n) is 1.22. The molecule has 0 unspecified atom stereocenters. The van der Waals surface area contributed by atoms with Crippen LogP contribution in [0.4, 0.5) is 0 Å². The minimum Gasteiger partial charge on any atom is -0.504 e. The average Bonchev–Trinajstić information content (AvgIpc) is 1.94. The molecule has 1 rings (SSSR count). The Bertz CT molecular complexity index is 297. The van der Waals surface area contributed by atoms with Crippen molar-refractivity contribution in [1.82, 2.24) is 0 Å². The van der Waals surface area contributed by atoms with Gasteiger partial charge in [0.15, 0.2) is 11.5 Å². The second-order valence-electron chi connectivity index (χ2n) is 2.01. The number of rotatable bonds is 1. The monoisotopic (exact) mass is 210 g/mol. The van der Waals surface area contributed by atoms with Crippen LogP contribution in [0, 0.1) is 0 Å². The van der Waals surface area contributed by atoms with Gasteiger partial charge in [0.05, 0.1) is 5.56 Å². The first kappa shape index (κ1) is 10.8. The zero-order chi connectivity index (χ0) is 8.43. The molecule has 0 aliphatic rings. The van der Waals surface area contributed by atoms with Crippen LogP contribution in [0.25, 0.3) is 0 Å². The minimum absolute atomic E-state index is 0. The molecule has 0 saturated carbocycles. The molecule has 0 aliphatic heterocycles. The largest absolute Gasteiger partial charge is 0.504 e. The van der Waals surface area contributed by atoms with E-state index in [4.69, 9.17) is 15.3 Å². The molecule has 1 aromatic rings. The Hall–Kier alpha value is -1.19. The van der Waals surface area contributed by atoms with Crippen molar-refractivity contribution in [3.63, 3.8) is 0 Å². The summed E-state index contributed by atoms with van der Waals surface area (Å²) in [6.07, 6.45) is 0. The van der Waals surface area contributed by atoms with Crippen molar-refractivity contribution in [3.05, 3.63) is 23.8 Å². The molecule has 0 aromatic heterocycles. The van der Waals surface area contributed by atoms with Crippen molar-refractivity contribution in [1.29, 1.82) is 0 Å². The molecule has 0 radical (unpaired) electrons. The Morgan fingerprint density at radius 2 is 1.75 bits per heavy atom. The molecular weight excluding hydrogens is 204 g/mol. The van der Waals surface area contributed by atoms with Crippen LogP contribution >= 0.6 is 0 Å². The standard InChI is InChI=1S/C7H6O4.Fe/c8-5-2-1-4(7(10)11)3-6(5)9;/h1-3,8-9H,(H,10,11);. The van der Waals surface area contributed by atoms with E-state index in [-0.39, 0.29) is 28.4 Å². The van der Waals surface area contributed by atoms with Crippen LogP contribution in [-0.2, 0) is 17.1 Å². The smallest absolute Gasteiger partial charge is 0.335 e. The van der Waals surface area contributed by atoms with Crippen LogP contribution in [-0.4, -0.2) is 21.3 Å². The predicted molar refractivity (Wildman–Crippen MR) is 36.7 cm³/mol. The summed E-state index contributed by atoms with van der Waals surface area (Å²) in [6, 6.07) is 3.31. The fourth-order valence-electron chi connectivity index (χ4n) is 0.656. The first-order valence-corrected chi connectivity index (χ1v) is 2.86. The van der Waals surface area contributed by atoms with Gasteiger partial charge >= 0.3 is 5.97 Å². The summed E-state index contributed by atoms with van der Waals surface area (Å²) in [5.74, 6) is -1.89. The molecule has 4 nitrogen and oxygen atoms in total. The van der Waals surface area contributed by atoms with Crippen LogP contribution in [0.15, 0.2) is 18.2 Å². The molecule has 5 heteroatoms. The van der Waals surface area contributed by atoms with E-state index in [1.165, 1.54) is 6.07 Å². The van der Waals surface area contributed by atoms with Gasteiger partial charge in [-0.1, -0.05) is 0 Å². The van der Waals surface area contributed by atoms with Crippen LogP contribution in [0.1, 0.15) is 10.4 Å². The number of aromatic hydroxyl groups is 2. The summed E-state index contributed by atoms with van der Waals surface area (Å²) < 4.78 is 0. The van der Waals surface area contributed by atoms with E-state index < -0.39 is 11.7 Å². The van der Waals surface area contributed by atoms with Gasteiger partial charge in [-0.05, 0) is 18.2 Å². The molecule has 66 valence electrons. The van der Waals surface area contributed by atoms with Crippen LogP contribution in [0.2, 0.25) is 0 Å². The Labute approximate surface area is 78.9 Å². The minimum atomic E-state index is -1.14. The molecule has 12 heavy (non-hydrogen) atoms. The summed E-state index contributed by atoms with van der Waals surface area (Å²) in [6.45, 7) is 0. The Morgan fingerprint density at radius 3 is 2.17 bits per heavy atom. The van der Waals surface area contributed by atoms with Crippen molar-refractivity contribution in [2.24, 2.45) is 0 Å². The van der Waals surface area contributed by atoms with Gasteiger partial charge in [-0.15, -0.1) is 0 Å². The Kier molecular flexibility index (Phi) is 3.60. The maximum absolute atomic E-state index is 10.3. The van der Waals surface area contributed by atoms with E-state index in [9.17, 15) is 4.79 Å². The van der Waals surface area contributed by atoms with Crippen LogP contribution < -0.4 is 0 Å². The average molecular weight is 210 g/mol. The van der Waals surface area contributed by atoms with Crippen LogP contribution in [0.3, 0.4) is 0 Å². The zero-order valence-corrected chi connectivity index (χ0v) is 6.94. The van der Waals surface area contributed by atoms with E-state index in [1.807, 2.05) is 0 Å². The number of phenolic OH excluding ortho intramolecular Hbond substituents is 2. The van der Waals surface area contributed by atoms with E-state index in [0.717, 1.165) is 12.1 Å². The number of hydrogen-bond acceptors (Lipinski definition) is 3. The first-order chi connectivity index (χ1) is 5.11.